The molecular formula is C17H29NO2. The zero-order valence-corrected chi connectivity index (χ0v) is 13.0. The summed E-state index contributed by atoms with van der Waals surface area (Å²) in [7, 11) is 0. The summed E-state index contributed by atoms with van der Waals surface area (Å²) in [5.41, 5.74) is 1.22. The summed E-state index contributed by atoms with van der Waals surface area (Å²) in [5, 5.41) is 3.39. The smallest absolute Gasteiger partial charge is 0.129 e. The summed E-state index contributed by atoms with van der Waals surface area (Å²) in [6.07, 6.45) is 9.89. The van der Waals surface area contributed by atoms with Gasteiger partial charge in [0.2, 0.25) is 0 Å². The van der Waals surface area contributed by atoms with Crippen molar-refractivity contribution in [1.29, 1.82) is 0 Å². The lowest BCUT2D eigenvalue weighted by atomic mass is 9.85. The zero-order chi connectivity index (χ0) is 14.2. The summed E-state index contributed by atoms with van der Waals surface area (Å²) >= 11 is 0. The number of rotatable bonds is 8. The quantitative estimate of drug-likeness (QED) is 0.722. The van der Waals surface area contributed by atoms with Gasteiger partial charge in [0, 0.05) is 12.1 Å². The Kier molecular flexibility index (Phi) is 6.61. The highest BCUT2D eigenvalue weighted by atomic mass is 16.5. The van der Waals surface area contributed by atoms with E-state index in [1.165, 1.54) is 37.7 Å². The molecule has 1 heterocycles. The molecule has 0 spiro atoms. The summed E-state index contributed by atoms with van der Waals surface area (Å²) in [4.78, 5) is 0. The third kappa shape index (κ3) is 4.64. The highest BCUT2D eigenvalue weighted by Crippen LogP contribution is 2.29. The molecule has 3 heteroatoms. The first-order valence-corrected chi connectivity index (χ1v) is 8.22. The van der Waals surface area contributed by atoms with Crippen LogP contribution >= 0.6 is 0 Å². The fourth-order valence-electron chi connectivity index (χ4n) is 3.05. The fraction of sp³-hybridized carbons (Fsp3) is 0.765. The van der Waals surface area contributed by atoms with Gasteiger partial charge in [-0.2, -0.15) is 0 Å². The molecule has 2 unspecified atom stereocenters. The molecule has 1 aromatic rings. The molecule has 0 aliphatic heterocycles. The molecule has 0 aromatic carbocycles. The molecule has 1 fully saturated rings. The topological polar surface area (TPSA) is 34.4 Å². The molecule has 0 bridgehead atoms. The van der Waals surface area contributed by atoms with Gasteiger partial charge in [-0.25, -0.2) is 0 Å². The minimum atomic E-state index is 0.431. The van der Waals surface area contributed by atoms with Crippen molar-refractivity contribution in [3.8, 4) is 0 Å². The first-order chi connectivity index (χ1) is 9.83. The van der Waals surface area contributed by atoms with Crippen LogP contribution in [0.3, 0.4) is 0 Å². The zero-order valence-electron chi connectivity index (χ0n) is 13.0. The third-order valence-corrected chi connectivity index (χ3v) is 4.27. The molecule has 1 saturated carbocycles. The van der Waals surface area contributed by atoms with Crippen LogP contribution in [0.5, 0.6) is 0 Å². The summed E-state index contributed by atoms with van der Waals surface area (Å²) in [6.45, 7) is 7.01. The van der Waals surface area contributed by atoms with Crippen LogP contribution in [0.4, 0.5) is 0 Å². The highest BCUT2D eigenvalue weighted by molar-refractivity contribution is 5.12. The summed E-state index contributed by atoms with van der Waals surface area (Å²) < 4.78 is 11.7. The van der Waals surface area contributed by atoms with Crippen molar-refractivity contribution in [2.45, 2.75) is 71.6 Å². The van der Waals surface area contributed by atoms with Gasteiger partial charge in [-0.05, 0) is 37.8 Å². The molecule has 1 aliphatic carbocycles. The SMILES string of the molecule is CCCNCc1coc(COC2CCCCC2CC)c1. The molecule has 3 nitrogen and oxygen atoms in total. The van der Waals surface area contributed by atoms with E-state index < -0.39 is 0 Å². The lowest BCUT2D eigenvalue weighted by Gasteiger charge is -2.30. The average molecular weight is 279 g/mol. The van der Waals surface area contributed by atoms with Crippen molar-refractivity contribution in [1.82, 2.24) is 5.32 Å². The molecule has 0 radical (unpaired) electrons. The molecule has 2 atom stereocenters. The molecular weight excluding hydrogens is 250 g/mol. The maximum Gasteiger partial charge on any atom is 0.129 e. The van der Waals surface area contributed by atoms with Crippen molar-refractivity contribution in [2.24, 2.45) is 5.92 Å². The van der Waals surface area contributed by atoms with Crippen LogP contribution < -0.4 is 5.32 Å². The van der Waals surface area contributed by atoms with Crippen LogP contribution in [-0.4, -0.2) is 12.6 Å². The van der Waals surface area contributed by atoms with Gasteiger partial charge in [0.25, 0.3) is 0 Å². The Hall–Kier alpha value is -0.800. The lowest BCUT2D eigenvalue weighted by Crippen LogP contribution is -2.27. The van der Waals surface area contributed by atoms with E-state index in [0.29, 0.717) is 12.7 Å². The third-order valence-electron chi connectivity index (χ3n) is 4.27. The largest absolute Gasteiger partial charge is 0.467 e. The number of nitrogens with one attached hydrogen (secondary N) is 1. The maximum atomic E-state index is 6.10. The molecule has 1 aromatic heterocycles. The second-order valence-corrected chi connectivity index (χ2v) is 5.90. The van der Waals surface area contributed by atoms with Gasteiger partial charge >= 0.3 is 0 Å². The van der Waals surface area contributed by atoms with Gasteiger partial charge in [-0.3, -0.25) is 0 Å². The fourth-order valence-corrected chi connectivity index (χ4v) is 3.05. The predicted octanol–water partition coefficient (Wildman–Crippen LogP) is 4.26. The van der Waals surface area contributed by atoms with Crippen molar-refractivity contribution in [3.63, 3.8) is 0 Å². The highest BCUT2D eigenvalue weighted by Gasteiger charge is 2.24. The van der Waals surface area contributed by atoms with Crippen LogP contribution in [0, 0.1) is 5.92 Å². The normalized spacial score (nSPS) is 23.1. The van der Waals surface area contributed by atoms with E-state index >= 15 is 0 Å². The Morgan fingerprint density at radius 2 is 2.15 bits per heavy atom. The van der Waals surface area contributed by atoms with Crippen molar-refractivity contribution in [2.75, 3.05) is 6.54 Å². The van der Waals surface area contributed by atoms with Gasteiger partial charge in [0.05, 0.1) is 12.4 Å². The molecule has 1 aliphatic rings. The molecule has 2 rings (SSSR count). The Bertz CT molecular complexity index is 375. The van der Waals surface area contributed by atoms with Gasteiger partial charge in [-0.15, -0.1) is 0 Å². The van der Waals surface area contributed by atoms with E-state index in [4.69, 9.17) is 9.15 Å². The van der Waals surface area contributed by atoms with Crippen LogP contribution in [0.1, 0.15) is 63.7 Å². The summed E-state index contributed by atoms with van der Waals surface area (Å²) in [6, 6.07) is 2.12. The van der Waals surface area contributed by atoms with Crippen LogP contribution in [-0.2, 0) is 17.9 Å². The Morgan fingerprint density at radius 1 is 1.30 bits per heavy atom. The number of furan rings is 1. The molecule has 0 amide bonds. The minimum Gasteiger partial charge on any atom is -0.467 e. The molecule has 0 saturated heterocycles. The summed E-state index contributed by atoms with van der Waals surface area (Å²) in [5.74, 6) is 1.70. The van der Waals surface area contributed by atoms with Crippen LogP contribution in [0.15, 0.2) is 16.7 Å². The van der Waals surface area contributed by atoms with Gasteiger partial charge in [0.15, 0.2) is 0 Å². The average Bonchev–Trinajstić information content (AvgIpc) is 2.93. The first-order valence-electron chi connectivity index (χ1n) is 8.22. The second kappa shape index (κ2) is 8.48. The number of hydrogen-bond acceptors (Lipinski definition) is 3. The Morgan fingerprint density at radius 3 is 2.95 bits per heavy atom. The van der Waals surface area contributed by atoms with Crippen LogP contribution in [0.2, 0.25) is 0 Å². The predicted molar refractivity (Wildman–Crippen MR) is 81.5 cm³/mol. The monoisotopic (exact) mass is 279 g/mol. The van der Waals surface area contributed by atoms with E-state index in [-0.39, 0.29) is 0 Å². The second-order valence-electron chi connectivity index (χ2n) is 5.90. The first kappa shape index (κ1) is 15.6. The number of hydrogen-bond donors (Lipinski definition) is 1. The van der Waals surface area contributed by atoms with Crippen LogP contribution in [0.25, 0.3) is 0 Å². The Labute approximate surface area is 123 Å². The van der Waals surface area contributed by atoms with Gasteiger partial charge in [-0.1, -0.05) is 33.1 Å². The van der Waals surface area contributed by atoms with E-state index in [9.17, 15) is 0 Å². The lowest BCUT2D eigenvalue weighted by molar-refractivity contribution is -0.0283. The molecule has 1 N–H and O–H groups in total. The van der Waals surface area contributed by atoms with E-state index in [1.807, 2.05) is 6.26 Å². The van der Waals surface area contributed by atoms with E-state index in [1.54, 1.807) is 0 Å². The van der Waals surface area contributed by atoms with Gasteiger partial charge in [0.1, 0.15) is 12.4 Å². The maximum absolute atomic E-state index is 6.10. The standard InChI is InChI=1S/C17H29NO2/c1-3-9-18-11-14-10-16(19-12-14)13-20-17-8-6-5-7-15(17)4-2/h10,12,15,17-18H,3-9,11,13H2,1-2H3. The van der Waals surface area contributed by atoms with Gasteiger partial charge < -0.3 is 14.5 Å². The van der Waals surface area contributed by atoms with Crippen molar-refractivity contribution < 1.29 is 9.15 Å². The Balaban J connectivity index is 1.75. The van der Waals surface area contributed by atoms with E-state index in [2.05, 4.69) is 25.2 Å². The van der Waals surface area contributed by atoms with E-state index in [0.717, 1.165) is 31.2 Å². The molecule has 20 heavy (non-hydrogen) atoms. The van der Waals surface area contributed by atoms with Crippen molar-refractivity contribution >= 4 is 0 Å². The minimum absolute atomic E-state index is 0.431. The number of ether oxygens (including phenoxy) is 1. The van der Waals surface area contributed by atoms with Crippen molar-refractivity contribution in [3.05, 3.63) is 23.7 Å². The molecule has 114 valence electrons.